The number of rotatable bonds is 7. The van der Waals surface area contributed by atoms with Crippen LogP contribution >= 0.6 is 0 Å². The van der Waals surface area contributed by atoms with Gasteiger partial charge >= 0.3 is 0 Å². The van der Waals surface area contributed by atoms with Gasteiger partial charge in [0.05, 0.1) is 24.2 Å². The van der Waals surface area contributed by atoms with E-state index >= 15 is 0 Å². The van der Waals surface area contributed by atoms with Crippen molar-refractivity contribution in [3.05, 3.63) is 41.8 Å². The van der Waals surface area contributed by atoms with Crippen LogP contribution in [0.1, 0.15) is 11.3 Å². The zero-order valence-electron chi connectivity index (χ0n) is 11.6. The van der Waals surface area contributed by atoms with Gasteiger partial charge in [0, 0.05) is 6.07 Å². The third-order valence-electron chi connectivity index (χ3n) is 2.91. The van der Waals surface area contributed by atoms with Gasteiger partial charge in [0.1, 0.15) is 12.0 Å². The molecule has 0 atom stereocenters. The number of ether oxygens (including phenoxy) is 1. The average Bonchev–Trinajstić information content (AvgIpc) is 2.99. The summed E-state index contributed by atoms with van der Waals surface area (Å²) in [6.07, 6.45) is 1.83. The molecule has 0 saturated carbocycles. The molecular formula is C13H17N3O4S. The largest absolute Gasteiger partial charge is 0.497 e. The topological polar surface area (TPSA) is 107 Å². The van der Waals surface area contributed by atoms with Crippen LogP contribution in [0.2, 0.25) is 0 Å². The van der Waals surface area contributed by atoms with Crippen LogP contribution in [0.5, 0.6) is 5.75 Å². The highest BCUT2D eigenvalue weighted by Crippen LogP contribution is 2.22. The molecule has 0 aliphatic heterocycles. The Hall–Kier alpha value is -1.90. The first-order chi connectivity index (χ1) is 10.1. The second kappa shape index (κ2) is 6.70. The van der Waals surface area contributed by atoms with Gasteiger partial charge in [-0.05, 0) is 36.7 Å². The number of methoxy groups -OCH3 is 1. The van der Waals surface area contributed by atoms with E-state index in [1.165, 1.54) is 19.4 Å². The lowest BCUT2D eigenvalue weighted by molar-refractivity contribution is 0.411. The van der Waals surface area contributed by atoms with Gasteiger partial charge in [0.25, 0.3) is 0 Å². The van der Waals surface area contributed by atoms with Crippen molar-refractivity contribution >= 4 is 10.0 Å². The maximum absolute atomic E-state index is 12.4. The van der Waals surface area contributed by atoms with Crippen molar-refractivity contribution in [1.29, 1.82) is 0 Å². The van der Waals surface area contributed by atoms with Crippen LogP contribution < -0.4 is 15.2 Å². The van der Waals surface area contributed by atoms with Crippen molar-refractivity contribution < 1.29 is 17.7 Å². The molecule has 0 spiro atoms. The number of nitrogens with zero attached hydrogens (tertiary/aromatic N) is 1. The Bertz CT molecular complexity index is 683. The lowest BCUT2D eigenvalue weighted by Gasteiger charge is -2.12. The first kappa shape index (κ1) is 15.5. The molecule has 114 valence electrons. The maximum Gasteiger partial charge on any atom is 0.241 e. The predicted octanol–water partition coefficient (Wildman–Crippen LogP) is 0.663. The number of nitrogens with one attached hydrogen (secondary N) is 1. The molecule has 1 heterocycles. The molecule has 1 aromatic carbocycles. The van der Waals surface area contributed by atoms with Gasteiger partial charge < -0.3 is 15.0 Å². The van der Waals surface area contributed by atoms with Crippen molar-refractivity contribution in [3.63, 3.8) is 0 Å². The Morgan fingerprint density at radius 1 is 1.38 bits per heavy atom. The Morgan fingerprint density at radius 2 is 2.19 bits per heavy atom. The normalized spacial score (nSPS) is 11.5. The zero-order chi connectivity index (χ0) is 15.3. The highest BCUT2D eigenvalue weighted by Gasteiger charge is 2.19. The fraction of sp³-hybridized carbons (Fsp3) is 0.308. The molecule has 3 N–H and O–H groups in total. The van der Waals surface area contributed by atoms with Crippen LogP contribution in [0.15, 0.2) is 39.9 Å². The Morgan fingerprint density at radius 3 is 2.81 bits per heavy atom. The summed E-state index contributed by atoms with van der Waals surface area (Å²) in [7, 11) is -2.13. The van der Waals surface area contributed by atoms with Crippen molar-refractivity contribution in [3.8, 4) is 5.75 Å². The molecule has 0 aliphatic rings. The fourth-order valence-electron chi connectivity index (χ4n) is 1.87. The van der Waals surface area contributed by atoms with Gasteiger partial charge in [0.2, 0.25) is 10.0 Å². The Labute approximate surface area is 123 Å². The van der Waals surface area contributed by atoms with E-state index in [0.717, 1.165) is 0 Å². The third kappa shape index (κ3) is 3.81. The molecule has 8 heteroatoms. The predicted molar refractivity (Wildman–Crippen MR) is 76.3 cm³/mol. The van der Waals surface area contributed by atoms with E-state index in [9.17, 15) is 8.42 Å². The molecule has 0 saturated heterocycles. The van der Waals surface area contributed by atoms with E-state index in [-0.39, 0.29) is 11.4 Å². The van der Waals surface area contributed by atoms with Crippen LogP contribution in [0.25, 0.3) is 0 Å². The van der Waals surface area contributed by atoms with Crippen molar-refractivity contribution in [2.45, 2.75) is 17.9 Å². The second-order valence-electron chi connectivity index (χ2n) is 4.33. The fourth-order valence-corrected chi connectivity index (χ4v) is 3.12. The highest BCUT2D eigenvalue weighted by molar-refractivity contribution is 7.89. The van der Waals surface area contributed by atoms with Crippen molar-refractivity contribution in [2.75, 3.05) is 13.7 Å². The summed E-state index contributed by atoms with van der Waals surface area (Å²) in [4.78, 5) is 0.192. The molecule has 0 bridgehead atoms. The van der Waals surface area contributed by atoms with Gasteiger partial charge in [-0.3, -0.25) is 0 Å². The van der Waals surface area contributed by atoms with Crippen LogP contribution in [0.3, 0.4) is 0 Å². The molecular weight excluding hydrogens is 294 g/mol. The first-order valence-electron chi connectivity index (χ1n) is 6.32. The van der Waals surface area contributed by atoms with Crippen LogP contribution in [0, 0.1) is 0 Å². The molecule has 0 fully saturated rings. The van der Waals surface area contributed by atoms with E-state index in [1.807, 2.05) is 0 Å². The van der Waals surface area contributed by atoms with E-state index in [4.69, 9.17) is 10.5 Å². The van der Waals surface area contributed by atoms with Crippen LogP contribution in [-0.2, 0) is 23.0 Å². The summed E-state index contributed by atoms with van der Waals surface area (Å²) >= 11 is 0. The van der Waals surface area contributed by atoms with Gasteiger partial charge in [-0.25, -0.2) is 13.1 Å². The number of hydrogen-bond donors (Lipinski definition) is 2. The molecule has 0 aliphatic carbocycles. The zero-order valence-corrected chi connectivity index (χ0v) is 12.4. The Kier molecular flexibility index (Phi) is 4.94. The molecule has 2 aromatic rings. The monoisotopic (exact) mass is 311 g/mol. The number of sulfonamides is 1. The number of nitrogens with two attached hydrogens (primary N) is 1. The molecule has 7 nitrogen and oxygen atoms in total. The maximum atomic E-state index is 12.4. The molecule has 1 aromatic heterocycles. The first-order valence-corrected chi connectivity index (χ1v) is 7.81. The van der Waals surface area contributed by atoms with Crippen LogP contribution in [0.4, 0.5) is 0 Å². The molecule has 0 amide bonds. The second-order valence-corrected chi connectivity index (χ2v) is 6.06. The third-order valence-corrected chi connectivity index (χ3v) is 4.41. The summed E-state index contributed by atoms with van der Waals surface area (Å²) < 4.78 is 37.0. The van der Waals surface area contributed by atoms with Crippen molar-refractivity contribution in [1.82, 2.24) is 9.88 Å². The summed E-state index contributed by atoms with van der Waals surface area (Å²) in [5, 5.41) is 3.66. The minimum atomic E-state index is -3.66. The molecule has 21 heavy (non-hydrogen) atoms. The van der Waals surface area contributed by atoms with Gasteiger partial charge in [0.15, 0.2) is 0 Å². The SMILES string of the molecule is COc1ccc(S(=O)(=O)NCc2ccon2)c(CCN)c1. The number of aromatic nitrogens is 1. The van der Waals surface area contributed by atoms with E-state index in [1.54, 1.807) is 18.2 Å². The van der Waals surface area contributed by atoms with Crippen LogP contribution in [-0.4, -0.2) is 27.2 Å². The molecule has 0 radical (unpaired) electrons. The van der Waals surface area contributed by atoms with Gasteiger partial charge in [-0.2, -0.15) is 0 Å². The average molecular weight is 311 g/mol. The molecule has 0 unspecified atom stereocenters. The smallest absolute Gasteiger partial charge is 0.241 e. The number of hydrogen-bond acceptors (Lipinski definition) is 6. The Balaban J connectivity index is 2.25. The highest BCUT2D eigenvalue weighted by atomic mass is 32.2. The van der Waals surface area contributed by atoms with E-state index < -0.39 is 10.0 Å². The quantitative estimate of drug-likeness (QED) is 0.778. The van der Waals surface area contributed by atoms with E-state index in [2.05, 4.69) is 14.4 Å². The standard InChI is InChI=1S/C13H17N3O4S/c1-19-12-2-3-13(10(8-12)4-6-14)21(17,18)15-9-11-5-7-20-16-11/h2-3,5,7-8,15H,4,6,9,14H2,1H3. The lowest BCUT2D eigenvalue weighted by Crippen LogP contribution is -2.25. The number of benzene rings is 1. The van der Waals surface area contributed by atoms with Crippen molar-refractivity contribution in [2.24, 2.45) is 5.73 Å². The van der Waals surface area contributed by atoms with E-state index in [0.29, 0.717) is 30.0 Å². The molecule has 2 rings (SSSR count). The van der Waals surface area contributed by atoms with Gasteiger partial charge in [-0.15, -0.1) is 0 Å². The summed E-state index contributed by atoms with van der Waals surface area (Å²) in [5.74, 6) is 0.592. The summed E-state index contributed by atoms with van der Waals surface area (Å²) in [6.45, 7) is 0.409. The minimum absolute atomic E-state index is 0.0624. The van der Waals surface area contributed by atoms with Gasteiger partial charge in [-0.1, -0.05) is 5.16 Å². The summed E-state index contributed by atoms with van der Waals surface area (Å²) in [5.41, 5.74) is 6.66. The minimum Gasteiger partial charge on any atom is -0.497 e. The summed E-state index contributed by atoms with van der Waals surface area (Å²) in [6, 6.07) is 6.38. The lowest BCUT2D eigenvalue weighted by atomic mass is 10.1.